The van der Waals surface area contributed by atoms with Crippen molar-refractivity contribution >= 4 is 5.97 Å². The van der Waals surface area contributed by atoms with Crippen molar-refractivity contribution in [3.63, 3.8) is 0 Å². The number of alkyl halides is 15. The van der Waals surface area contributed by atoms with Gasteiger partial charge in [0, 0.05) is 0 Å². The Morgan fingerprint density at radius 1 is 0.520 bits per heavy atom. The third kappa shape index (κ3) is 2.74. The van der Waals surface area contributed by atoms with E-state index in [4.69, 9.17) is 5.11 Å². The molecule has 0 aromatic carbocycles. The molecule has 0 aliphatic heterocycles. The SMILES string of the molecule is O=C(O)C(F)(F)C(F)(F)C(F)(C(F)(F)F)C(F)(F)C(F)(F)C(F)(F)F. The lowest BCUT2D eigenvalue weighted by Gasteiger charge is -2.43. The Kier molecular flexibility index (Phi) is 5.11. The summed E-state index contributed by atoms with van der Waals surface area (Å²) in [5.74, 6) is -37.0. The normalized spacial score (nSPS) is 18.0. The van der Waals surface area contributed by atoms with E-state index in [2.05, 4.69) is 0 Å². The van der Waals surface area contributed by atoms with Crippen molar-refractivity contribution in [2.75, 3.05) is 0 Å². The smallest absolute Gasteiger partial charge is 0.460 e. The summed E-state index contributed by atoms with van der Waals surface area (Å²) in [6.45, 7) is 0. The van der Waals surface area contributed by atoms with Crippen LogP contribution < -0.4 is 0 Å². The van der Waals surface area contributed by atoms with Gasteiger partial charge < -0.3 is 5.11 Å². The molecule has 0 amide bonds. The van der Waals surface area contributed by atoms with Crippen molar-refractivity contribution < 1.29 is 75.8 Å². The van der Waals surface area contributed by atoms with Gasteiger partial charge in [0.25, 0.3) is 0 Å². The number of carboxylic acid groups (broad SMARTS) is 1. The van der Waals surface area contributed by atoms with E-state index >= 15 is 0 Å². The summed E-state index contributed by atoms with van der Waals surface area (Å²) in [5, 5.41) is 7.62. The molecule has 0 spiro atoms. The van der Waals surface area contributed by atoms with Crippen LogP contribution in [-0.4, -0.2) is 52.8 Å². The monoisotopic (exact) mass is 414 g/mol. The van der Waals surface area contributed by atoms with Gasteiger partial charge in [-0.2, -0.15) is 61.5 Å². The van der Waals surface area contributed by atoms with Gasteiger partial charge in [-0.1, -0.05) is 0 Å². The maximum Gasteiger partial charge on any atom is 0.460 e. The van der Waals surface area contributed by atoms with Gasteiger partial charge in [-0.15, -0.1) is 0 Å². The lowest BCUT2D eigenvalue weighted by atomic mass is 9.82. The van der Waals surface area contributed by atoms with Gasteiger partial charge in [0.1, 0.15) is 0 Å². The first-order chi connectivity index (χ1) is 10.4. The number of carbonyl (C=O) groups is 1. The van der Waals surface area contributed by atoms with Crippen molar-refractivity contribution in [2.24, 2.45) is 0 Å². The maximum absolute atomic E-state index is 13.4. The van der Waals surface area contributed by atoms with Crippen LogP contribution in [0.5, 0.6) is 0 Å². The lowest BCUT2D eigenvalue weighted by molar-refractivity contribution is -0.454. The summed E-state index contributed by atoms with van der Waals surface area (Å²) in [7, 11) is 0. The van der Waals surface area contributed by atoms with Crippen molar-refractivity contribution in [1.29, 1.82) is 0 Å². The summed E-state index contributed by atoms with van der Waals surface area (Å²) >= 11 is 0. The van der Waals surface area contributed by atoms with Gasteiger partial charge in [-0.3, -0.25) is 0 Å². The van der Waals surface area contributed by atoms with Crippen molar-refractivity contribution in [3.05, 3.63) is 0 Å². The Hall–Kier alpha value is -1.58. The van der Waals surface area contributed by atoms with E-state index in [1.54, 1.807) is 0 Å². The Morgan fingerprint density at radius 3 is 1.04 bits per heavy atom. The molecule has 0 aliphatic carbocycles. The number of hydrogen-bond donors (Lipinski definition) is 1. The van der Waals surface area contributed by atoms with Crippen LogP contribution in [0.25, 0.3) is 0 Å². The number of rotatable bonds is 5. The summed E-state index contributed by atoms with van der Waals surface area (Å²) in [6.07, 6.45) is -16.0. The molecule has 0 radical (unpaired) electrons. The second-order valence-electron chi connectivity index (χ2n) is 4.26. The predicted octanol–water partition coefficient (Wildman–Crippen LogP) is 4.45. The fourth-order valence-corrected chi connectivity index (χ4v) is 1.30. The first kappa shape index (κ1) is 23.4. The zero-order valence-corrected chi connectivity index (χ0v) is 10.5. The molecule has 0 rings (SSSR count). The molecule has 0 bridgehead atoms. The molecule has 1 N–H and O–H groups in total. The second-order valence-corrected chi connectivity index (χ2v) is 4.26. The third-order valence-electron chi connectivity index (χ3n) is 2.67. The minimum absolute atomic E-state index is 4.41. The van der Waals surface area contributed by atoms with Crippen molar-refractivity contribution in [1.82, 2.24) is 0 Å². The molecule has 25 heavy (non-hydrogen) atoms. The summed E-state index contributed by atoms with van der Waals surface area (Å²) in [5.41, 5.74) is -8.63. The van der Waals surface area contributed by atoms with Gasteiger partial charge in [-0.05, 0) is 0 Å². The van der Waals surface area contributed by atoms with E-state index in [0.29, 0.717) is 0 Å². The van der Waals surface area contributed by atoms with Gasteiger partial charge in [-0.25, -0.2) is 9.18 Å². The van der Waals surface area contributed by atoms with E-state index in [1.165, 1.54) is 0 Å². The Labute approximate surface area is 125 Å². The zero-order chi connectivity index (χ0) is 21.1. The molecule has 17 heteroatoms. The van der Waals surface area contributed by atoms with Crippen LogP contribution in [0.1, 0.15) is 0 Å². The predicted molar refractivity (Wildman–Crippen MR) is 43.4 cm³/mol. The average molecular weight is 414 g/mol. The molecule has 2 nitrogen and oxygen atoms in total. The van der Waals surface area contributed by atoms with Gasteiger partial charge >= 0.3 is 47.7 Å². The van der Waals surface area contributed by atoms with E-state index in [9.17, 15) is 70.7 Å². The first-order valence-electron chi connectivity index (χ1n) is 5.01. The molecule has 0 saturated carbocycles. The van der Waals surface area contributed by atoms with E-state index in [1.807, 2.05) is 0 Å². The van der Waals surface area contributed by atoms with E-state index in [0.717, 1.165) is 0 Å². The fraction of sp³-hybridized carbons (Fsp3) is 0.875. The van der Waals surface area contributed by atoms with Gasteiger partial charge in [0.05, 0.1) is 0 Å². The van der Waals surface area contributed by atoms with Crippen LogP contribution in [0.15, 0.2) is 0 Å². The van der Waals surface area contributed by atoms with Crippen LogP contribution in [0.2, 0.25) is 0 Å². The average Bonchev–Trinajstić information content (AvgIpc) is 2.33. The minimum atomic E-state index is -8.63. The van der Waals surface area contributed by atoms with Gasteiger partial charge in [0.15, 0.2) is 0 Å². The van der Waals surface area contributed by atoms with E-state index < -0.39 is 47.7 Å². The fourth-order valence-electron chi connectivity index (χ4n) is 1.30. The summed E-state index contributed by atoms with van der Waals surface area (Å²) in [6, 6.07) is 0. The van der Waals surface area contributed by atoms with Crippen molar-refractivity contribution in [3.8, 4) is 0 Å². The second kappa shape index (κ2) is 5.46. The van der Waals surface area contributed by atoms with E-state index in [-0.39, 0.29) is 0 Å². The van der Waals surface area contributed by atoms with Gasteiger partial charge in [0.2, 0.25) is 0 Å². The largest absolute Gasteiger partial charge is 0.477 e. The molecule has 1 atom stereocenters. The van der Waals surface area contributed by atoms with Crippen LogP contribution >= 0.6 is 0 Å². The zero-order valence-electron chi connectivity index (χ0n) is 10.5. The quantitative estimate of drug-likeness (QED) is 0.676. The molecule has 150 valence electrons. The number of hydrogen-bond acceptors (Lipinski definition) is 1. The highest BCUT2D eigenvalue weighted by atomic mass is 19.4. The number of carboxylic acids is 1. The molecule has 0 saturated heterocycles. The van der Waals surface area contributed by atoms with Crippen LogP contribution in [0, 0.1) is 0 Å². The molecule has 0 fully saturated rings. The van der Waals surface area contributed by atoms with Crippen molar-refractivity contribution in [2.45, 2.75) is 41.7 Å². The number of aliphatic carboxylic acids is 1. The third-order valence-corrected chi connectivity index (χ3v) is 2.67. The standard InChI is InChI=1S/C8HF15O2/c9-2(10,1(24)25)4(12,13)3(11,7(18,19)20)5(14,15)6(16,17)8(21,22)23/h(H,24,25). The van der Waals surface area contributed by atoms with Crippen LogP contribution in [0.3, 0.4) is 0 Å². The van der Waals surface area contributed by atoms with Crippen LogP contribution in [0.4, 0.5) is 65.9 Å². The highest BCUT2D eigenvalue weighted by Crippen LogP contribution is 2.64. The number of halogens is 15. The molecule has 0 aromatic rings. The topological polar surface area (TPSA) is 37.3 Å². The Balaban J connectivity index is 7.02. The summed E-state index contributed by atoms with van der Waals surface area (Å²) in [4.78, 5) is 9.80. The minimum Gasteiger partial charge on any atom is -0.477 e. The molecule has 0 aromatic heterocycles. The summed E-state index contributed by atoms with van der Waals surface area (Å²) < 4.78 is 188. The molecular formula is C8HF15O2. The molecule has 0 heterocycles. The first-order valence-corrected chi connectivity index (χ1v) is 5.01. The Bertz CT molecular complexity index is 529. The molecular weight excluding hydrogens is 413 g/mol. The molecule has 1 unspecified atom stereocenters. The van der Waals surface area contributed by atoms with Crippen LogP contribution in [-0.2, 0) is 4.79 Å². The maximum atomic E-state index is 13.4. The highest BCUT2D eigenvalue weighted by molar-refractivity contribution is 5.77. The lowest BCUT2D eigenvalue weighted by Crippen LogP contribution is -2.77. The molecule has 0 aliphatic rings. The highest BCUT2D eigenvalue weighted by Gasteiger charge is 2.97. The Morgan fingerprint density at radius 2 is 0.840 bits per heavy atom.